The Bertz CT molecular complexity index is 1350. The number of amides is 3. The van der Waals surface area contributed by atoms with Crippen LogP contribution in [0.4, 0.5) is 10.1 Å². The molecule has 222 valence electrons. The van der Waals surface area contributed by atoms with Gasteiger partial charge >= 0.3 is 0 Å². The number of carbonyl (C=O) groups excluding carboxylic acids is 3. The number of aromatic nitrogens is 1. The highest BCUT2D eigenvalue weighted by atomic mass is 19.1. The fourth-order valence-electron chi connectivity index (χ4n) is 5.22. The number of ether oxygens (including phenoxy) is 1. The van der Waals surface area contributed by atoms with Crippen molar-refractivity contribution in [2.24, 2.45) is 11.7 Å². The minimum atomic E-state index is -0.577. The minimum absolute atomic E-state index is 0.00319. The SMILES string of the molecule is COC[C@H]1CCCN1C(=O)c1ccnc(C(=O)N[C@@H](Cc2ccccc2)[C@@H](N)C[C@@H](C)C(=O)Nc2ccc(F)cc2)c1. The molecule has 2 heterocycles. The first-order valence-corrected chi connectivity index (χ1v) is 14.2. The third kappa shape index (κ3) is 8.20. The van der Waals surface area contributed by atoms with Gasteiger partial charge in [-0.15, -0.1) is 0 Å². The number of anilines is 1. The standard InChI is InChI=1S/C32H38FN5O4/c1-21(30(39)36-25-12-10-24(33)11-13-25)17-27(34)28(18-22-7-4-3-5-8-22)37-31(40)29-19-23(14-15-35-29)32(41)38-16-6-9-26(38)20-42-2/h3-5,7-8,10-15,19,21,26-28H,6,9,16-18,20,34H2,1-2H3,(H,36,39)(H,37,40)/t21-,26-,27+,28+/m1/s1. The van der Waals surface area contributed by atoms with E-state index in [2.05, 4.69) is 15.6 Å². The predicted molar refractivity (Wildman–Crippen MR) is 158 cm³/mol. The molecule has 3 aromatic rings. The van der Waals surface area contributed by atoms with Crippen molar-refractivity contribution in [1.82, 2.24) is 15.2 Å². The van der Waals surface area contributed by atoms with Crippen LogP contribution in [-0.2, 0) is 16.0 Å². The summed E-state index contributed by atoms with van der Waals surface area (Å²) in [7, 11) is 1.62. The van der Waals surface area contributed by atoms with Crippen molar-refractivity contribution in [3.05, 3.63) is 95.6 Å². The summed E-state index contributed by atoms with van der Waals surface area (Å²) in [5.74, 6) is -1.76. The fraction of sp³-hybridized carbons (Fsp3) is 0.375. The molecule has 0 spiro atoms. The molecule has 0 aliphatic carbocycles. The molecule has 0 radical (unpaired) electrons. The van der Waals surface area contributed by atoms with E-state index in [1.54, 1.807) is 25.0 Å². The molecule has 1 aromatic heterocycles. The molecule has 0 saturated carbocycles. The van der Waals surface area contributed by atoms with Crippen molar-refractivity contribution in [1.29, 1.82) is 0 Å². The summed E-state index contributed by atoms with van der Waals surface area (Å²) < 4.78 is 18.5. The van der Waals surface area contributed by atoms with Gasteiger partial charge in [0, 0.05) is 49.1 Å². The predicted octanol–water partition coefficient (Wildman–Crippen LogP) is 3.81. The average Bonchev–Trinajstić information content (AvgIpc) is 3.46. The van der Waals surface area contributed by atoms with E-state index in [0.29, 0.717) is 30.8 Å². The van der Waals surface area contributed by atoms with E-state index in [-0.39, 0.29) is 30.0 Å². The molecular weight excluding hydrogens is 537 g/mol. The lowest BCUT2D eigenvalue weighted by atomic mass is 9.92. The fourth-order valence-corrected chi connectivity index (χ4v) is 5.22. The largest absolute Gasteiger partial charge is 0.383 e. The molecule has 0 bridgehead atoms. The molecule has 10 heteroatoms. The Morgan fingerprint density at radius 1 is 1.12 bits per heavy atom. The summed E-state index contributed by atoms with van der Waals surface area (Å²) in [6.45, 7) is 2.85. The van der Waals surface area contributed by atoms with Gasteiger partial charge in [-0.1, -0.05) is 37.3 Å². The maximum atomic E-state index is 13.4. The van der Waals surface area contributed by atoms with E-state index >= 15 is 0 Å². The summed E-state index contributed by atoms with van der Waals surface area (Å²) >= 11 is 0. The molecule has 4 rings (SSSR count). The van der Waals surface area contributed by atoms with E-state index in [1.807, 2.05) is 30.3 Å². The van der Waals surface area contributed by atoms with E-state index < -0.39 is 29.7 Å². The summed E-state index contributed by atoms with van der Waals surface area (Å²) in [5, 5.41) is 5.78. The Kier molecular flexibility index (Phi) is 10.7. The zero-order valence-corrected chi connectivity index (χ0v) is 24.0. The average molecular weight is 576 g/mol. The summed E-state index contributed by atoms with van der Waals surface area (Å²) in [5.41, 5.74) is 8.56. The molecule has 1 aliphatic rings. The Hall–Kier alpha value is -4.15. The lowest BCUT2D eigenvalue weighted by Gasteiger charge is -2.27. The van der Waals surface area contributed by atoms with Crippen LogP contribution in [0.15, 0.2) is 72.9 Å². The van der Waals surface area contributed by atoms with Crippen molar-refractivity contribution in [3.63, 3.8) is 0 Å². The van der Waals surface area contributed by atoms with Crippen molar-refractivity contribution in [2.75, 3.05) is 25.6 Å². The summed E-state index contributed by atoms with van der Waals surface area (Å²) in [6, 6.07) is 17.2. The number of likely N-dealkylation sites (tertiary alicyclic amines) is 1. The number of rotatable bonds is 12. The number of benzene rings is 2. The molecule has 1 fully saturated rings. The Morgan fingerprint density at radius 3 is 2.57 bits per heavy atom. The molecule has 1 aliphatic heterocycles. The van der Waals surface area contributed by atoms with Crippen LogP contribution in [0.2, 0.25) is 0 Å². The molecule has 9 nitrogen and oxygen atoms in total. The van der Waals surface area contributed by atoms with Gasteiger partial charge in [-0.3, -0.25) is 19.4 Å². The van der Waals surface area contributed by atoms with Gasteiger partial charge in [0.15, 0.2) is 0 Å². The van der Waals surface area contributed by atoms with E-state index in [1.165, 1.54) is 36.5 Å². The van der Waals surface area contributed by atoms with E-state index in [0.717, 1.165) is 18.4 Å². The number of halogens is 1. The van der Waals surface area contributed by atoms with Gasteiger partial charge in [-0.05, 0) is 67.6 Å². The van der Waals surface area contributed by atoms with Crippen LogP contribution in [0.5, 0.6) is 0 Å². The smallest absolute Gasteiger partial charge is 0.270 e. The molecule has 4 atom stereocenters. The summed E-state index contributed by atoms with van der Waals surface area (Å²) in [6.07, 6.45) is 3.95. The minimum Gasteiger partial charge on any atom is -0.383 e. The van der Waals surface area contributed by atoms with Gasteiger partial charge in [0.05, 0.1) is 12.6 Å². The van der Waals surface area contributed by atoms with Crippen molar-refractivity contribution in [3.8, 4) is 0 Å². The molecular formula is C32H38FN5O4. The van der Waals surface area contributed by atoms with Crippen molar-refractivity contribution < 1.29 is 23.5 Å². The third-order valence-electron chi connectivity index (χ3n) is 7.55. The van der Waals surface area contributed by atoms with Crippen LogP contribution in [0.3, 0.4) is 0 Å². The monoisotopic (exact) mass is 575 g/mol. The normalized spacial score (nSPS) is 16.9. The van der Waals surface area contributed by atoms with Gasteiger partial charge in [0.25, 0.3) is 11.8 Å². The highest BCUT2D eigenvalue weighted by Gasteiger charge is 2.30. The first-order valence-electron chi connectivity index (χ1n) is 14.2. The number of hydrogen-bond acceptors (Lipinski definition) is 6. The van der Waals surface area contributed by atoms with Crippen molar-refractivity contribution in [2.45, 2.75) is 50.7 Å². The first-order chi connectivity index (χ1) is 20.2. The Balaban J connectivity index is 1.46. The van der Waals surface area contributed by atoms with Crippen LogP contribution in [-0.4, -0.2) is 66.0 Å². The van der Waals surface area contributed by atoms with Crippen molar-refractivity contribution >= 4 is 23.4 Å². The second-order valence-electron chi connectivity index (χ2n) is 10.7. The first kappa shape index (κ1) is 30.8. The van der Waals surface area contributed by atoms with E-state index in [4.69, 9.17) is 10.5 Å². The lowest BCUT2D eigenvalue weighted by Crippen LogP contribution is -2.50. The van der Waals surface area contributed by atoms with Gasteiger partial charge in [-0.2, -0.15) is 0 Å². The summed E-state index contributed by atoms with van der Waals surface area (Å²) in [4.78, 5) is 45.5. The van der Waals surface area contributed by atoms with Crippen LogP contribution < -0.4 is 16.4 Å². The number of methoxy groups -OCH3 is 1. The Morgan fingerprint density at radius 2 is 1.86 bits per heavy atom. The quantitative estimate of drug-likeness (QED) is 0.302. The van der Waals surface area contributed by atoms with Crippen LogP contribution in [0.25, 0.3) is 0 Å². The van der Waals surface area contributed by atoms with Crippen LogP contribution in [0.1, 0.15) is 52.6 Å². The lowest BCUT2D eigenvalue weighted by molar-refractivity contribution is -0.119. The number of nitrogens with zero attached hydrogens (tertiary/aromatic N) is 2. The highest BCUT2D eigenvalue weighted by molar-refractivity contribution is 5.99. The second-order valence-corrected chi connectivity index (χ2v) is 10.7. The van der Waals surface area contributed by atoms with E-state index in [9.17, 15) is 18.8 Å². The molecule has 1 saturated heterocycles. The maximum absolute atomic E-state index is 13.4. The topological polar surface area (TPSA) is 127 Å². The van der Waals surface area contributed by atoms with Gasteiger partial charge < -0.3 is 26.0 Å². The molecule has 0 unspecified atom stereocenters. The third-order valence-corrected chi connectivity index (χ3v) is 7.55. The second kappa shape index (κ2) is 14.7. The number of hydrogen-bond donors (Lipinski definition) is 3. The molecule has 2 aromatic carbocycles. The molecule has 3 amide bonds. The number of nitrogens with two attached hydrogens (primary N) is 1. The van der Waals surface area contributed by atoms with Gasteiger partial charge in [0.1, 0.15) is 11.5 Å². The number of nitrogens with one attached hydrogen (secondary N) is 2. The Labute approximate surface area is 245 Å². The molecule has 4 N–H and O–H groups in total. The number of carbonyl (C=O) groups is 3. The highest BCUT2D eigenvalue weighted by Crippen LogP contribution is 2.21. The van der Waals surface area contributed by atoms with Gasteiger partial charge in [-0.25, -0.2) is 4.39 Å². The van der Waals surface area contributed by atoms with Crippen LogP contribution in [0, 0.1) is 11.7 Å². The van der Waals surface area contributed by atoms with Crippen LogP contribution >= 0.6 is 0 Å². The maximum Gasteiger partial charge on any atom is 0.270 e. The van der Waals surface area contributed by atoms with Gasteiger partial charge in [0.2, 0.25) is 5.91 Å². The zero-order valence-electron chi connectivity index (χ0n) is 24.0. The zero-order chi connectivity index (χ0) is 30.1. The number of pyridine rings is 1. The molecule has 42 heavy (non-hydrogen) atoms.